The van der Waals surface area contributed by atoms with E-state index in [0.29, 0.717) is 17.4 Å². The van der Waals surface area contributed by atoms with Gasteiger partial charge >= 0.3 is 5.97 Å². The van der Waals surface area contributed by atoms with Gasteiger partial charge < -0.3 is 10.0 Å². The summed E-state index contributed by atoms with van der Waals surface area (Å²) < 4.78 is 14.1. The van der Waals surface area contributed by atoms with Crippen LogP contribution in [-0.4, -0.2) is 24.2 Å². The van der Waals surface area contributed by atoms with Crippen LogP contribution in [-0.2, 0) is 4.79 Å². The van der Waals surface area contributed by atoms with Crippen LogP contribution in [0.3, 0.4) is 0 Å². The number of nitrogens with zero attached hydrogens (tertiary/aromatic N) is 1. The topological polar surface area (TPSA) is 40.5 Å². The molecule has 0 bridgehead atoms. The fourth-order valence-corrected chi connectivity index (χ4v) is 2.62. The third kappa shape index (κ3) is 3.84. The van der Waals surface area contributed by atoms with Crippen LogP contribution in [0.1, 0.15) is 31.2 Å². The molecule has 0 atom stereocenters. The molecule has 1 N–H and O–H groups in total. The van der Waals surface area contributed by atoms with Gasteiger partial charge in [0.15, 0.2) is 0 Å². The Morgan fingerprint density at radius 1 is 1.24 bits per heavy atom. The molecule has 0 amide bonds. The SMILES string of the molecule is O=C(O)/C=C/c1c(F)cccc1N(CC1CC1)CC1CC1. The molecule has 0 aliphatic heterocycles. The van der Waals surface area contributed by atoms with Crippen LogP contribution in [0.25, 0.3) is 6.08 Å². The molecule has 2 aliphatic rings. The summed E-state index contributed by atoms with van der Waals surface area (Å²) in [5, 5.41) is 8.78. The second kappa shape index (κ2) is 5.88. The lowest BCUT2D eigenvalue weighted by Crippen LogP contribution is -2.29. The first-order chi connectivity index (χ1) is 10.1. The number of carboxylic acids is 1. The summed E-state index contributed by atoms with van der Waals surface area (Å²) in [6.45, 7) is 1.90. The number of hydrogen-bond acceptors (Lipinski definition) is 2. The highest BCUT2D eigenvalue weighted by Crippen LogP contribution is 2.37. The molecular weight excluding hydrogens is 269 g/mol. The Kier molecular flexibility index (Phi) is 3.95. The highest BCUT2D eigenvalue weighted by Gasteiger charge is 2.30. The number of anilines is 1. The maximum atomic E-state index is 14.1. The second-order valence-corrected chi connectivity index (χ2v) is 6.14. The summed E-state index contributed by atoms with van der Waals surface area (Å²) in [4.78, 5) is 13.0. The first kappa shape index (κ1) is 14.1. The molecule has 0 heterocycles. The maximum Gasteiger partial charge on any atom is 0.328 e. The minimum atomic E-state index is -1.06. The number of benzene rings is 1. The van der Waals surface area contributed by atoms with Gasteiger partial charge in [0, 0.05) is 30.4 Å². The third-order valence-corrected chi connectivity index (χ3v) is 4.11. The molecule has 3 rings (SSSR count). The third-order valence-electron chi connectivity index (χ3n) is 4.11. The van der Waals surface area contributed by atoms with Gasteiger partial charge in [-0.3, -0.25) is 0 Å². The zero-order chi connectivity index (χ0) is 14.8. The summed E-state index contributed by atoms with van der Waals surface area (Å²) in [6, 6.07) is 4.99. The van der Waals surface area contributed by atoms with E-state index < -0.39 is 5.97 Å². The molecule has 4 heteroatoms. The molecule has 112 valence electrons. The standard InChI is InChI=1S/C17H20FNO2/c18-15-2-1-3-16(14(15)8-9-17(20)21)19(10-12-4-5-12)11-13-6-7-13/h1-3,8-9,12-13H,4-7,10-11H2,(H,20,21)/b9-8+. The highest BCUT2D eigenvalue weighted by molar-refractivity contribution is 5.87. The maximum absolute atomic E-state index is 14.1. The fourth-order valence-electron chi connectivity index (χ4n) is 2.62. The van der Waals surface area contributed by atoms with Crippen molar-refractivity contribution in [3.8, 4) is 0 Å². The Hall–Kier alpha value is -1.84. The Morgan fingerprint density at radius 3 is 2.38 bits per heavy atom. The van der Waals surface area contributed by atoms with E-state index in [2.05, 4.69) is 4.90 Å². The van der Waals surface area contributed by atoms with Gasteiger partial charge in [0.2, 0.25) is 0 Å². The van der Waals surface area contributed by atoms with Crippen molar-refractivity contribution in [2.24, 2.45) is 11.8 Å². The minimum Gasteiger partial charge on any atom is -0.478 e. The lowest BCUT2D eigenvalue weighted by molar-refractivity contribution is -0.131. The Labute approximate surface area is 124 Å². The molecular formula is C17H20FNO2. The van der Waals surface area contributed by atoms with Gasteiger partial charge in [0.1, 0.15) is 5.82 Å². The number of halogens is 1. The summed E-state index contributed by atoms with van der Waals surface area (Å²) in [5.41, 5.74) is 1.22. The van der Waals surface area contributed by atoms with Crippen molar-refractivity contribution in [2.75, 3.05) is 18.0 Å². The van der Waals surface area contributed by atoms with Crippen molar-refractivity contribution in [3.05, 3.63) is 35.7 Å². The summed E-state index contributed by atoms with van der Waals surface area (Å²) in [7, 11) is 0. The summed E-state index contributed by atoms with van der Waals surface area (Å²) in [6.07, 6.45) is 7.37. The van der Waals surface area contributed by atoms with Crippen molar-refractivity contribution in [1.29, 1.82) is 0 Å². The van der Waals surface area contributed by atoms with Gasteiger partial charge in [-0.1, -0.05) is 6.07 Å². The normalized spacial score (nSPS) is 18.1. The first-order valence-electron chi connectivity index (χ1n) is 7.58. The fraction of sp³-hybridized carbons (Fsp3) is 0.471. The predicted octanol–water partition coefficient (Wildman–Crippen LogP) is 3.55. The predicted molar refractivity (Wildman–Crippen MR) is 80.7 cm³/mol. The molecule has 0 spiro atoms. The van der Waals surface area contributed by atoms with Crippen LogP contribution in [0.5, 0.6) is 0 Å². The van der Waals surface area contributed by atoms with Crippen LogP contribution in [0.15, 0.2) is 24.3 Å². The summed E-state index contributed by atoms with van der Waals surface area (Å²) >= 11 is 0. The van der Waals surface area contributed by atoms with Crippen molar-refractivity contribution < 1.29 is 14.3 Å². The van der Waals surface area contributed by atoms with E-state index >= 15 is 0 Å². The lowest BCUT2D eigenvalue weighted by atomic mass is 10.1. The van der Waals surface area contributed by atoms with Crippen LogP contribution in [0.2, 0.25) is 0 Å². The number of rotatable bonds is 7. The quantitative estimate of drug-likeness (QED) is 0.780. The van der Waals surface area contributed by atoms with Crippen LogP contribution in [0.4, 0.5) is 10.1 Å². The zero-order valence-electron chi connectivity index (χ0n) is 12.0. The Balaban J connectivity index is 1.88. The van der Waals surface area contributed by atoms with Crippen molar-refractivity contribution in [1.82, 2.24) is 0 Å². The highest BCUT2D eigenvalue weighted by atomic mass is 19.1. The van der Waals surface area contributed by atoms with Gasteiger partial charge in [0.25, 0.3) is 0 Å². The Morgan fingerprint density at radius 2 is 1.86 bits per heavy atom. The first-order valence-corrected chi connectivity index (χ1v) is 7.58. The molecule has 0 aromatic heterocycles. The number of aliphatic carboxylic acids is 1. The average molecular weight is 289 g/mol. The van der Waals surface area contributed by atoms with Gasteiger partial charge in [-0.2, -0.15) is 0 Å². The molecule has 0 unspecified atom stereocenters. The van der Waals surface area contributed by atoms with Gasteiger partial charge in [-0.05, 0) is 55.7 Å². The smallest absolute Gasteiger partial charge is 0.328 e. The van der Waals surface area contributed by atoms with Crippen LogP contribution >= 0.6 is 0 Å². The van der Waals surface area contributed by atoms with Gasteiger partial charge in [0.05, 0.1) is 0 Å². The number of carbonyl (C=O) groups is 1. The van der Waals surface area contributed by atoms with E-state index in [0.717, 1.165) is 24.9 Å². The molecule has 0 radical (unpaired) electrons. The summed E-state index contributed by atoms with van der Waals surface area (Å²) in [5.74, 6) is 0.00775. The van der Waals surface area contributed by atoms with Crippen molar-refractivity contribution >= 4 is 17.7 Å². The van der Waals surface area contributed by atoms with E-state index in [1.807, 2.05) is 6.07 Å². The molecule has 0 saturated heterocycles. The van der Waals surface area contributed by atoms with Crippen LogP contribution in [0, 0.1) is 17.7 Å². The molecule has 2 aliphatic carbocycles. The number of hydrogen-bond donors (Lipinski definition) is 1. The molecule has 2 fully saturated rings. The van der Waals surface area contributed by atoms with E-state index in [1.165, 1.54) is 37.8 Å². The van der Waals surface area contributed by atoms with Gasteiger partial charge in [-0.15, -0.1) is 0 Å². The largest absolute Gasteiger partial charge is 0.478 e. The van der Waals surface area contributed by atoms with Crippen molar-refractivity contribution in [2.45, 2.75) is 25.7 Å². The van der Waals surface area contributed by atoms with Gasteiger partial charge in [-0.25, -0.2) is 9.18 Å². The monoisotopic (exact) mass is 289 g/mol. The van der Waals surface area contributed by atoms with E-state index in [4.69, 9.17) is 5.11 Å². The van der Waals surface area contributed by atoms with E-state index in [1.54, 1.807) is 6.07 Å². The molecule has 2 saturated carbocycles. The van der Waals surface area contributed by atoms with E-state index in [9.17, 15) is 9.18 Å². The lowest BCUT2D eigenvalue weighted by Gasteiger charge is -2.27. The molecule has 1 aromatic rings. The van der Waals surface area contributed by atoms with E-state index in [-0.39, 0.29) is 5.82 Å². The second-order valence-electron chi connectivity index (χ2n) is 6.14. The molecule has 1 aromatic carbocycles. The van der Waals surface area contributed by atoms with Crippen molar-refractivity contribution in [3.63, 3.8) is 0 Å². The zero-order valence-corrected chi connectivity index (χ0v) is 12.0. The average Bonchev–Trinajstić information content (AvgIpc) is 3.31. The van der Waals surface area contributed by atoms with Crippen LogP contribution < -0.4 is 4.90 Å². The Bertz CT molecular complexity index is 548. The number of carboxylic acid groups (broad SMARTS) is 1. The molecule has 3 nitrogen and oxygen atoms in total. The molecule has 21 heavy (non-hydrogen) atoms. The minimum absolute atomic E-state index is 0.360.